The van der Waals surface area contributed by atoms with E-state index in [9.17, 15) is 14.6 Å². The first-order valence-corrected chi connectivity index (χ1v) is 10.7. The third-order valence-electron chi connectivity index (χ3n) is 6.63. The average molecular weight is 400 g/mol. The quantitative estimate of drug-likeness (QED) is 0.758. The highest BCUT2D eigenvalue weighted by Gasteiger charge is 2.49. The minimum absolute atomic E-state index is 0.0477. The topological polar surface area (TPSA) is 52.9 Å². The van der Waals surface area contributed by atoms with Gasteiger partial charge in [-0.1, -0.05) is 37.1 Å². The number of rotatable bonds is 5. The second-order valence-electron chi connectivity index (χ2n) is 8.37. The molecule has 0 unspecified atom stereocenters. The Morgan fingerprint density at radius 1 is 1.17 bits per heavy atom. The molecule has 0 aromatic heterocycles. The molecule has 0 bridgehead atoms. The van der Waals surface area contributed by atoms with Gasteiger partial charge >= 0.3 is 0 Å². The van der Waals surface area contributed by atoms with Gasteiger partial charge in [0.1, 0.15) is 5.82 Å². The van der Waals surface area contributed by atoms with Gasteiger partial charge < -0.3 is 14.9 Å². The summed E-state index contributed by atoms with van der Waals surface area (Å²) in [5.41, 5.74) is 0.994. The van der Waals surface area contributed by atoms with Crippen molar-refractivity contribution in [3.63, 3.8) is 0 Å². The smallest absolute Gasteiger partial charge is 0.161 e. The number of nitrogens with zero attached hydrogens (tertiary/aromatic N) is 1. The van der Waals surface area contributed by atoms with Crippen molar-refractivity contribution < 1.29 is 19.3 Å². The number of phenols is 1. The number of fused-ring (bicyclic) bond motifs is 1. The maximum atomic E-state index is 14.4. The normalized spacial score (nSPS) is 27.4. The third kappa shape index (κ3) is 3.99. The summed E-state index contributed by atoms with van der Waals surface area (Å²) in [5, 5.41) is 21.6. The highest BCUT2D eigenvalue weighted by atomic mass is 19.1. The Bertz CT molecular complexity index is 858. The summed E-state index contributed by atoms with van der Waals surface area (Å²) in [4.78, 5) is 2.28. The monoisotopic (exact) mass is 399 g/mol. The number of aromatic hydroxyl groups is 1. The molecule has 0 amide bonds. The molecule has 4 nitrogen and oxygen atoms in total. The van der Waals surface area contributed by atoms with Crippen molar-refractivity contribution in [2.75, 3.05) is 13.2 Å². The van der Waals surface area contributed by atoms with Gasteiger partial charge in [0.05, 0.1) is 12.2 Å². The SMILES string of the molecule is CCOc1cc([C@H]2[C@@H]3CCCC[C@]3(O)CCN2Cc2ccccc2F)ccc1O. The molecule has 1 heterocycles. The Kier molecular flexibility index (Phi) is 5.79. The average Bonchev–Trinajstić information content (AvgIpc) is 2.71. The predicted octanol–water partition coefficient (Wildman–Crippen LogP) is 4.80. The van der Waals surface area contributed by atoms with Crippen molar-refractivity contribution in [2.24, 2.45) is 5.92 Å². The lowest BCUT2D eigenvalue weighted by Crippen LogP contribution is -2.54. The van der Waals surface area contributed by atoms with Crippen LogP contribution in [0.25, 0.3) is 0 Å². The van der Waals surface area contributed by atoms with Gasteiger partial charge in [-0.2, -0.15) is 0 Å². The van der Waals surface area contributed by atoms with E-state index in [1.54, 1.807) is 12.1 Å². The van der Waals surface area contributed by atoms with E-state index in [2.05, 4.69) is 4.90 Å². The zero-order chi connectivity index (χ0) is 20.4. The summed E-state index contributed by atoms with van der Waals surface area (Å²) in [6.07, 6.45) is 4.61. The summed E-state index contributed by atoms with van der Waals surface area (Å²) >= 11 is 0. The van der Waals surface area contributed by atoms with E-state index < -0.39 is 5.60 Å². The lowest BCUT2D eigenvalue weighted by atomic mass is 9.66. The molecule has 1 aliphatic heterocycles. The molecule has 29 heavy (non-hydrogen) atoms. The molecule has 0 radical (unpaired) electrons. The van der Waals surface area contributed by atoms with Crippen molar-refractivity contribution in [1.29, 1.82) is 0 Å². The first-order valence-electron chi connectivity index (χ1n) is 10.7. The molecular formula is C24H30FNO3. The first kappa shape index (κ1) is 20.2. The number of ether oxygens (including phenoxy) is 1. The van der Waals surface area contributed by atoms with Crippen LogP contribution in [0.4, 0.5) is 4.39 Å². The van der Waals surface area contributed by atoms with Gasteiger partial charge in [0, 0.05) is 30.6 Å². The highest BCUT2D eigenvalue weighted by molar-refractivity contribution is 5.43. The Morgan fingerprint density at radius 2 is 2.00 bits per heavy atom. The molecule has 1 aliphatic carbocycles. The van der Waals surface area contributed by atoms with Crippen LogP contribution < -0.4 is 4.74 Å². The van der Waals surface area contributed by atoms with Crippen LogP contribution in [0.2, 0.25) is 0 Å². The van der Waals surface area contributed by atoms with Gasteiger partial charge in [-0.3, -0.25) is 4.90 Å². The second-order valence-corrected chi connectivity index (χ2v) is 8.37. The van der Waals surface area contributed by atoms with Crippen molar-refractivity contribution in [3.05, 3.63) is 59.4 Å². The Labute approximate surface area is 171 Å². The summed E-state index contributed by atoms with van der Waals surface area (Å²) in [5.74, 6) is 0.457. The number of halogens is 1. The fourth-order valence-corrected chi connectivity index (χ4v) is 5.19. The Hall–Kier alpha value is -2.11. The van der Waals surface area contributed by atoms with E-state index in [1.165, 1.54) is 6.07 Å². The number of hydrogen-bond acceptors (Lipinski definition) is 4. The molecule has 2 fully saturated rings. The summed E-state index contributed by atoms with van der Waals surface area (Å²) in [7, 11) is 0. The molecule has 5 heteroatoms. The molecular weight excluding hydrogens is 369 g/mol. The largest absolute Gasteiger partial charge is 0.504 e. The number of aliphatic hydroxyl groups is 1. The lowest BCUT2D eigenvalue weighted by Gasteiger charge is -2.52. The van der Waals surface area contributed by atoms with Crippen LogP contribution in [0.15, 0.2) is 42.5 Å². The summed E-state index contributed by atoms with van der Waals surface area (Å²) in [6, 6.07) is 12.3. The van der Waals surface area contributed by atoms with E-state index in [-0.39, 0.29) is 23.5 Å². The van der Waals surface area contributed by atoms with Gasteiger partial charge in [0.2, 0.25) is 0 Å². The molecule has 1 saturated carbocycles. The predicted molar refractivity (Wildman–Crippen MR) is 110 cm³/mol. The van der Waals surface area contributed by atoms with Crippen LogP contribution in [0, 0.1) is 11.7 Å². The van der Waals surface area contributed by atoms with Gasteiger partial charge in [-0.25, -0.2) is 4.39 Å². The summed E-state index contributed by atoms with van der Waals surface area (Å²) in [6.45, 7) is 3.55. The van der Waals surface area contributed by atoms with E-state index in [0.717, 1.165) is 31.2 Å². The lowest BCUT2D eigenvalue weighted by molar-refractivity contribution is -0.126. The van der Waals surface area contributed by atoms with Crippen LogP contribution in [0.1, 0.15) is 56.2 Å². The van der Waals surface area contributed by atoms with Gasteiger partial charge in [-0.05, 0) is 49.9 Å². The molecule has 1 saturated heterocycles. The molecule has 2 aromatic carbocycles. The molecule has 2 aromatic rings. The van der Waals surface area contributed by atoms with Crippen molar-refractivity contribution in [3.8, 4) is 11.5 Å². The van der Waals surface area contributed by atoms with Crippen molar-refractivity contribution in [2.45, 2.75) is 57.2 Å². The minimum atomic E-state index is -0.682. The van der Waals surface area contributed by atoms with Crippen LogP contribution in [0.5, 0.6) is 11.5 Å². The zero-order valence-corrected chi connectivity index (χ0v) is 17.0. The molecule has 4 rings (SSSR count). The minimum Gasteiger partial charge on any atom is -0.504 e. The third-order valence-corrected chi connectivity index (χ3v) is 6.63. The van der Waals surface area contributed by atoms with Crippen LogP contribution in [0.3, 0.4) is 0 Å². The standard InChI is InChI=1S/C24H30FNO3/c1-2-29-22-15-17(10-11-21(22)27)23-19-8-5-6-12-24(19,28)13-14-26(23)16-18-7-3-4-9-20(18)25/h3-4,7,9-11,15,19,23,27-28H,2,5-6,8,12-14,16H2,1H3/t19-,23-,24-/m0/s1. The molecule has 2 aliphatic rings. The maximum absolute atomic E-state index is 14.4. The Morgan fingerprint density at radius 3 is 2.79 bits per heavy atom. The van der Waals surface area contributed by atoms with Crippen LogP contribution in [-0.2, 0) is 6.54 Å². The van der Waals surface area contributed by atoms with Crippen molar-refractivity contribution >= 4 is 0 Å². The van der Waals surface area contributed by atoms with Gasteiger partial charge in [-0.15, -0.1) is 0 Å². The zero-order valence-electron chi connectivity index (χ0n) is 17.0. The number of piperidine rings is 1. The Balaban J connectivity index is 1.72. The number of hydrogen-bond donors (Lipinski definition) is 2. The highest BCUT2D eigenvalue weighted by Crippen LogP contribution is 2.50. The molecule has 156 valence electrons. The van der Waals surface area contributed by atoms with E-state index >= 15 is 0 Å². The first-order chi connectivity index (χ1) is 14.0. The summed E-state index contributed by atoms with van der Waals surface area (Å²) < 4.78 is 20.0. The van der Waals surface area contributed by atoms with Crippen LogP contribution in [-0.4, -0.2) is 33.9 Å². The van der Waals surface area contributed by atoms with E-state index in [1.807, 2.05) is 31.2 Å². The van der Waals surface area contributed by atoms with E-state index in [4.69, 9.17) is 4.74 Å². The van der Waals surface area contributed by atoms with Crippen LogP contribution >= 0.6 is 0 Å². The van der Waals surface area contributed by atoms with Crippen molar-refractivity contribution in [1.82, 2.24) is 4.90 Å². The van der Waals surface area contributed by atoms with Gasteiger partial charge in [0.15, 0.2) is 11.5 Å². The second kappa shape index (κ2) is 8.33. The number of likely N-dealkylation sites (tertiary alicyclic amines) is 1. The molecule has 0 spiro atoms. The maximum Gasteiger partial charge on any atom is 0.161 e. The molecule has 2 N–H and O–H groups in total. The fourth-order valence-electron chi connectivity index (χ4n) is 5.19. The van der Waals surface area contributed by atoms with E-state index in [0.29, 0.717) is 37.4 Å². The fraction of sp³-hybridized carbons (Fsp3) is 0.500. The molecule has 3 atom stereocenters. The van der Waals surface area contributed by atoms with Gasteiger partial charge in [0.25, 0.3) is 0 Å². The number of phenolic OH excluding ortho intramolecular Hbond substituents is 1. The number of benzene rings is 2.